The van der Waals surface area contributed by atoms with Gasteiger partial charge in [-0.2, -0.15) is 5.10 Å². The number of aromatic nitrogens is 2. The molecule has 1 aromatic heterocycles. The molecule has 4 rings (SSSR count). The highest BCUT2D eigenvalue weighted by atomic mass is 16.5. The molecule has 0 radical (unpaired) electrons. The number of amides is 3. The largest absolute Gasteiger partial charge is 0.497 e. The number of carbonyl (C=O) groups is 3. The van der Waals surface area contributed by atoms with Crippen LogP contribution >= 0.6 is 0 Å². The van der Waals surface area contributed by atoms with Gasteiger partial charge in [0.2, 0.25) is 5.78 Å². The zero-order chi connectivity index (χ0) is 20.5. The van der Waals surface area contributed by atoms with Crippen molar-refractivity contribution < 1.29 is 19.1 Å². The second kappa shape index (κ2) is 7.09. The zero-order valence-corrected chi connectivity index (χ0v) is 15.2. The van der Waals surface area contributed by atoms with Gasteiger partial charge in [-0.3, -0.25) is 20.1 Å². The number of aromatic amines is 1. The maximum Gasteiger partial charge on any atom is 0.333 e. The number of nitrogens with zero attached hydrogens (tertiary/aromatic N) is 1. The summed E-state index contributed by atoms with van der Waals surface area (Å²) >= 11 is 0. The van der Waals surface area contributed by atoms with E-state index in [1.807, 2.05) is 5.43 Å². The Morgan fingerprint density at radius 3 is 2.52 bits per heavy atom. The van der Waals surface area contributed by atoms with E-state index >= 15 is 0 Å². The number of fused-ring (bicyclic) bond motifs is 3. The minimum Gasteiger partial charge on any atom is -0.497 e. The van der Waals surface area contributed by atoms with Crippen LogP contribution in [0.2, 0.25) is 0 Å². The van der Waals surface area contributed by atoms with Gasteiger partial charge in [-0.25, -0.2) is 10.6 Å². The summed E-state index contributed by atoms with van der Waals surface area (Å²) in [5.41, 5.74) is 4.18. The van der Waals surface area contributed by atoms with Crippen LogP contribution in [0, 0.1) is 0 Å². The van der Waals surface area contributed by atoms with E-state index in [0.717, 1.165) is 0 Å². The number of hydrazine groups is 1. The number of methoxy groups -OCH3 is 1. The van der Waals surface area contributed by atoms with E-state index in [2.05, 4.69) is 20.8 Å². The average molecular weight is 392 g/mol. The fourth-order valence-electron chi connectivity index (χ4n) is 3.16. The lowest BCUT2D eigenvalue weighted by molar-refractivity contribution is 0.102. The Morgan fingerprint density at radius 2 is 1.83 bits per heavy atom. The molecule has 6 N–H and O–H groups in total. The third-order valence-corrected chi connectivity index (χ3v) is 4.52. The smallest absolute Gasteiger partial charge is 0.333 e. The predicted octanol–water partition coefficient (Wildman–Crippen LogP) is 1.88. The first-order valence-electron chi connectivity index (χ1n) is 8.53. The molecule has 10 heteroatoms. The van der Waals surface area contributed by atoms with Crippen molar-refractivity contribution in [3.63, 3.8) is 0 Å². The molecule has 0 bridgehead atoms. The molecular formula is C19H16N6O4. The quantitative estimate of drug-likeness (QED) is 0.203. The molecule has 3 amide bonds. The Kier molecular flexibility index (Phi) is 4.45. The average Bonchev–Trinajstić information content (AvgIpc) is 3.28. The van der Waals surface area contributed by atoms with Gasteiger partial charge in [-0.05, 0) is 30.3 Å². The molecule has 0 fully saturated rings. The predicted molar refractivity (Wildman–Crippen MR) is 105 cm³/mol. The number of urea groups is 1. The maximum absolute atomic E-state index is 13.0. The van der Waals surface area contributed by atoms with Crippen LogP contribution in [0.3, 0.4) is 0 Å². The van der Waals surface area contributed by atoms with Crippen LogP contribution in [0.15, 0.2) is 42.5 Å². The highest BCUT2D eigenvalue weighted by Crippen LogP contribution is 2.41. The number of carbonyl (C=O) groups excluding carboxylic acids is 3. The number of anilines is 2. The first-order valence-corrected chi connectivity index (χ1v) is 8.53. The van der Waals surface area contributed by atoms with Crippen molar-refractivity contribution in [3.8, 4) is 17.0 Å². The first-order chi connectivity index (χ1) is 14.0. The summed E-state index contributed by atoms with van der Waals surface area (Å²) in [4.78, 5) is 37.1. The number of ether oxygens (including phenoxy) is 1. The van der Waals surface area contributed by atoms with Crippen molar-refractivity contribution >= 4 is 29.2 Å². The summed E-state index contributed by atoms with van der Waals surface area (Å²) in [6, 6.07) is 10.8. The van der Waals surface area contributed by atoms with Crippen molar-refractivity contribution in [1.82, 2.24) is 15.6 Å². The monoisotopic (exact) mass is 392 g/mol. The van der Waals surface area contributed by atoms with Gasteiger partial charge < -0.3 is 15.4 Å². The SMILES string of the molecule is COc1ccc(C(=O)Nc2n[nH]c3c2C(=O)c2c(NC(=O)NN)cccc2-3)cc1. The minimum absolute atomic E-state index is 0.108. The van der Waals surface area contributed by atoms with Gasteiger partial charge in [0.15, 0.2) is 5.82 Å². The molecule has 1 aliphatic carbocycles. The second-order valence-electron chi connectivity index (χ2n) is 6.16. The molecule has 0 atom stereocenters. The van der Waals surface area contributed by atoms with Crippen molar-refractivity contribution in [2.24, 2.45) is 5.84 Å². The van der Waals surface area contributed by atoms with Gasteiger partial charge >= 0.3 is 6.03 Å². The van der Waals surface area contributed by atoms with Crippen LogP contribution < -0.4 is 26.6 Å². The van der Waals surface area contributed by atoms with Crippen LogP contribution in [0.5, 0.6) is 5.75 Å². The van der Waals surface area contributed by atoms with Crippen LogP contribution in [-0.4, -0.2) is 35.0 Å². The van der Waals surface area contributed by atoms with Crippen LogP contribution in [0.4, 0.5) is 16.3 Å². The van der Waals surface area contributed by atoms with Gasteiger partial charge in [0, 0.05) is 11.1 Å². The van der Waals surface area contributed by atoms with E-state index in [1.165, 1.54) is 7.11 Å². The molecule has 0 saturated carbocycles. The maximum atomic E-state index is 13.0. The van der Waals surface area contributed by atoms with Crippen LogP contribution in [0.25, 0.3) is 11.3 Å². The third kappa shape index (κ3) is 3.07. The van der Waals surface area contributed by atoms with E-state index in [4.69, 9.17) is 10.6 Å². The minimum atomic E-state index is -0.659. The topological polar surface area (TPSA) is 151 Å². The number of hydrogen-bond acceptors (Lipinski definition) is 6. The normalized spacial score (nSPS) is 11.4. The van der Waals surface area contributed by atoms with Crippen molar-refractivity contribution in [2.75, 3.05) is 17.7 Å². The first kappa shape index (κ1) is 18.2. The molecule has 0 unspecified atom stereocenters. The Balaban J connectivity index is 1.64. The number of benzene rings is 2. The highest BCUT2D eigenvalue weighted by Gasteiger charge is 2.35. The summed E-state index contributed by atoms with van der Waals surface area (Å²) < 4.78 is 5.08. The van der Waals surface area contributed by atoms with Gasteiger partial charge in [0.1, 0.15) is 5.75 Å². The lowest BCUT2D eigenvalue weighted by Crippen LogP contribution is -2.34. The molecule has 0 spiro atoms. The Hall–Kier alpha value is -4.18. The zero-order valence-electron chi connectivity index (χ0n) is 15.2. The number of ketones is 1. The number of rotatable bonds is 4. The number of H-pyrrole nitrogens is 1. The molecule has 1 heterocycles. The van der Waals surface area contributed by atoms with E-state index in [9.17, 15) is 14.4 Å². The standard InChI is InChI=1S/C19H16N6O4/c1-29-10-7-5-9(6-8-10)18(27)22-17-14-15(24-25-17)11-3-2-4-12(13(11)16(14)26)21-19(28)23-20/h2-8H,20H2,1H3,(H2,21,23,28)(H2,22,24,25,27). The summed E-state index contributed by atoms with van der Waals surface area (Å²) in [6.07, 6.45) is 0. The lowest BCUT2D eigenvalue weighted by Gasteiger charge is -2.09. The fourth-order valence-corrected chi connectivity index (χ4v) is 3.16. The molecule has 10 nitrogen and oxygen atoms in total. The van der Waals surface area contributed by atoms with Gasteiger partial charge in [-0.15, -0.1) is 0 Å². The highest BCUT2D eigenvalue weighted by molar-refractivity contribution is 6.27. The van der Waals surface area contributed by atoms with Crippen molar-refractivity contribution in [3.05, 3.63) is 59.2 Å². The lowest BCUT2D eigenvalue weighted by atomic mass is 10.1. The van der Waals surface area contributed by atoms with Crippen molar-refractivity contribution in [1.29, 1.82) is 0 Å². The number of nitrogens with one attached hydrogen (secondary N) is 4. The summed E-state index contributed by atoms with van der Waals surface area (Å²) in [5.74, 6) is 5.03. The van der Waals surface area contributed by atoms with Gasteiger partial charge in [0.25, 0.3) is 5.91 Å². The number of hydrogen-bond donors (Lipinski definition) is 5. The second-order valence-corrected chi connectivity index (χ2v) is 6.16. The van der Waals surface area contributed by atoms with E-state index in [0.29, 0.717) is 33.8 Å². The molecule has 0 saturated heterocycles. The molecule has 3 aromatic rings. The molecule has 1 aliphatic rings. The van der Waals surface area contributed by atoms with Crippen molar-refractivity contribution in [2.45, 2.75) is 0 Å². The van der Waals surface area contributed by atoms with Crippen LogP contribution in [-0.2, 0) is 0 Å². The molecule has 2 aromatic carbocycles. The molecular weight excluding hydrogens is 376 g/mol. The Bertz CT molecular complexity index is 1140. The third-order valence-electron chi connectivity index (χ3n) is 4.52. The van der Waals surface area contributed by atoms with Gasteiger partial charge in [0.05, 0.1) is 29.6 Å². The molecule has 146 valence electrons. The van der Waals surface area contributed by atoms with E-state index in [1.54, 1.807) is 42.5 Å². The molecule has 29 heavy (non-hydrogen) atoms. The fraction of sp³-hybridized carbons (Fsp3) is 0.0526. The van der Waals surface area contributed by atoms with E-state index < -0.39 is 11.9 Å². The molecule has 0 aliphatic heterocycles. The summed E-state index contributed by atoms with van der Waals surface area (Å²) in [6.45, 7) is 0. The summed E-state index contributed by atoms with van der Waals surface area (Å²) in [7, 11) is 1.53. The summed E-state index contributed by atoms with van der Waals surface area (Å²) in [5, 5.41) is 12.0. The number of nitrogens with two attached hydrogens (primary N) is 1. The van der Waals surface area contributed by atoms with Gasteiger partial charge in [-0.1, -0.05) is 12.1 Å². The van der Waals surface area contributed by atoms with Crippen LogP contribution in [0.1, 0.15) is 26.3 Å². The van der Waals surface area contributed by atoms with E-state index in [-0.39, 0.29) is 17.2 Å². The Labute approximate surface area is 164 Å². The Morgan fingerprint density at radius 1 is 1.07 bits per heavy atom.